The number of hydrogen-bond donors (Lipinski definition) is 2. The quantitative estimate of drug-likeness (QED) is 0.878. The van der Waals surface area contributed by atoms with Crippen molar-refractivity contribution in [3.63, 3.8) is 0 Å². The van der Waals surface area contributed by atoms with E-state index < -0.39 is 0 Å². The highest BCUT2D eigenvalue weighted by atomic mass is 35.5. The molecule has 1 amide bonds. The second-order valence-electron chi connectivity index (χ2n) is 4.20. The molecule has 1 aliphatic rings. The van der Waals surface area contributed by atoms with Crippen molar-refractivity contribution in [1.82, 2.24) is 10.3 Å². The molecule has 18 heavy (non-hydrogen) atoms. The summed E-state index contributed by atoms with van der Waals surface area (Å²) in [6, 6.07) is 3.71. The number of halogens is 2. The van der Waals surface area contributed by atoms with E-state index >= 15 is 0 Å². The van der Waals surface area contributed by atoms with Crippen LogP contribution >= 0.6 is 24.8 Å². The molecular weight excluding hydrogens is 273 g/mol. The van der Waals surface area contributed by atoms with Crippen molar-refractivity contribution in [2.45, 2.75) is 19.8 Å². The number of nitrogens with zero attached hydrogens (tertiary/aromatic N) is 1. The molecule has 0 atom stereocenters. The first kappa shape index (κ1) is 17.2. The number of nitrogens with one attached hydrogen (secondary N) is 2. The number of aromatic nitrogens is 1. The van der Waals surface area contributed by atoms with Crippen LogP contribution in [0.1, 0.15) is 18.5 Å². The number of carbonyl (C=O) groups excluding carboxylic acids is 1. The molecule has 1 saturated heterocycles. The maximum absolute atomic E-state index is 11.9. The van der Waals surface area contributed by atoms with Crippen molar-refractivity contribution < 1.29 is 4.79 Å². The van der Waals surface area contributed by atoms with E-state index in [-0.39, 0.29) is 36.6 Å². The Morgan fingerprint density at radius 3 is 2.67 bits per heavy atom. The summed E-state index contributed by atoms with van der Waals surface area (Å²) in [7, 11) is 0. The molecule has 2 heterocycles. The lowest BCUT2D eigenvalue weighted by atomic mass is 9.97. The van der Waals surface area contributed by atoms with Crippen molar-refractivity contribution in [2.75, 3.05) is 18.4 Å². The van der Waals surface area contributed by atoms with Gasteiger partial charge in [-0.1, -0.05) is 0 Å². The van der Waals surface area contributed by atoms with Crippen LogP contribution in [-0.4, -0.2) is 24.0 Å². The molecule has 2 N–H and O–H groups in total. The number of amides is 1. The van der Waals surface area contributed by atoms with Gasteiger partial charge in [-0.15, -0.1) is 24.8 Å². The van der Waals surface area contributed by atoms with Gasteiger partial charge >= 0.3 is 0 Å². The fourth-order valence-electron chi connectivity index (χ4n) is 1.95. The Balaban J connectivity index is 0.00000144. The van der Waals surface area contributed by atoms with Gasteiger partial charge in [0.25, 0.3) is 0 Å². The first-order valence-corrected chi connectivity index (χ1v) is 5.70. The minimum absolute atomic E-state index is 0. The van der Waals surface area contributed by atoms with Gasteiger partial charge < -0.3 is 10.6 Å². The SMILES string of the molecule is Cc1cc(NC(=O)C2CCNCC2)ccn1.Cl.Cl. The zero-order valence-electron chi connectivity index (χ0n) is 10.3. The molecule has 0 aromatic carbocycles. The van der Waals surface area contributed by atoms with E-state index in [2.05, 4.69) is 15.6 Å². The van der Waals surface area contributed by atoms with Gasteiger partial charge in [-0.25, -0.2) is 0 Å². The standard InChI is InChI=1S/C12H17N3O.2ClH/c1-9-8-11(4-7-14-9)15-12(16)10-2-5-13-6-3-10;;/h4,7-8,10,13H,2-3,5-6H2,1H3,(H,14,15,16);2*1H. The first-order chi connectivity index (χ1) is 7.75. The molecule has 1 aromatic rings. The van der Waals surface area contributed by atoms with Crippen LogP contribution in [0.5, 0.6) is 0 Å². The van der Waals surface area contributed by atoms with E-state index in [0.717, 1.165) is 37.3 Å². The third-order valence-electron chi connectivity index (χ3n) is 2.87. The molecule has 2 rings (SSSR count). The van der Waals surface area contributed by atoms with Crippen LogP contribution in [0.25, 0.3) is 0 Å². The summed E-state index contributed by atoms with van der Waals surface area (Å²) in [6.45, 7) is 3.79. The Kier molecular flexibility index (Phi) is 7.91. The number of anilines is 1. The normalized spacial score (nSPS) is 15.2. The molecule has 0 spiro atoms. The van der Waals surface area contributed by atoms with Gasteiger partial charge in [-0.05, 0) is 45.0 Å². The molecule has 0 radical (unpaired) electrons. The average Bonchev–Trinajstić information content (AvgIpc) is 2.30. The van der Waals surface area contributed by atoms with Gasteiger partial charge in [0.15, 0.2) is 0 Å². The molecule has 102 valence electrons. The van der Waals surface area contributed by atoms with Crippen molar-refractivity contribution >= 4 is 36.4 Å². The van der Waals surface area contributed by atoms with E-state index in [9.17, 15) is 4.79 Å². The number of piperidine rings is 1. The van der Waals surface area contributed by atoms with Crippen molar-refractivity contribution in [1.29, 1.82) is 0 Å². The monoisotopic (exact) mass is 291 g/mol. The van der Waals surface area contributed by atoms with E-state index in [4.69, 9.17) is 0 Å². The molecular formula is C12H19Cl2N3O. The van der Waals surface area contributed by atoms with Gasteiger partial charge in [-0.2, -0.15) is 0 Å². The van der Waals surface area contributed by atoms with Gasteiger partial charge in [0.1, 0.15) is 0 Å². The second-order valence-corrected chi connectivity index (χ2v) is 4.20. The van der Waals surface area contributed by atoms with Gasteiger partial charge in [0.05, 0.1) is 0 Å². The van der Waals surface area contributed by atoms with Crippen LogP contribution in [0.15, 0.2) is 18.3 Å². The fraction of sp³-hybridized carbons (Fsp3) is 0.500. The zero-order chi connectivity index (χ0) is 11.4. The summed E-state index contributed by atoms with van der Waals surface area (Å²) in [4.78, 5) is 16.0. The first-order valence-electron chi connectivity index (χ1n) is 5.70. The molecule has 0 bridgehead atoms. The van der Waals surface area contributed by atoms with Crippen LogP contribution in [0.3, 0.4) is 0 Å². The molecule has 6 heteroatoms. The number of aryl methyl sites for hydroxylation is 1. The van der Waals surface area contributed by atoms with Crippen LogP contribution in [0.4, 0.5) is 5.69 Å². The lowest BCUT2D eigenvalue weighted by molar-refractivity contribution is -0.120. The summed E-state index contributed by atoms with van der Waals surface area (Å²) < 4.78 is 0. The lowest BCUT2D eigenvalue weighted by Gasteiger charge is -2.21. The Bertz CT molecular complexity index is 381. The maximum atomic E-state index is 11.9. The molecule has 0 unspecified atom stereocenters. The molecule has 0 aliphatic carbocycles. The van der Waals surface area contributed by atoms with Crippen LogP contribution in [-0.2, 0) is 4.79 Å². The van der Waals surface area contributed by atoms with Crippen molar-refractivity contribution in [2.24, 2.45) is 5.92 Å². The zero-order valence-corrected chi connectivity index (χ0v) is 11.9. The molecule has 0 saturated carbocycles. The van der Waals surface area contributed by atoms with Crippen LogP contribution < -0.4 is 10.6 Å². The smallest absolute Gasteiger partial charge is 0.227 e. The summed E-state index contributed by atoms with van der Waals surface area (Å²) in [5.74, 6) is 0.279. The maximum Gasteiger partial charge on any atom is 0.227 e. The summed E-state index contributed by atoms with van der Waals surface area (Å²) in [6.07, 6.45) is 3.57. The minimum atomic E-state index is 0. The Morgan fingerprint density at radius 2 is 2.06 bits per heavy atom. The highest BCUT2D eigenvalue weighted by Gasteiger charge is 2.20. The highest BCUT2D eigenvalue weighted by molar-refractivity contribution is 5.92. The number of hydrogen-bond acceptors (Lipinski definition) is 3. The summed E-state index contributed by atoms with van der Waals surface area (Å²) >= 11 is 0. The molecule has 1 aromatic heterocycles. The highest BCUT2D eigenvalue weighted by Crippen LogP contribution is 2.15. The largest absolute Gasteiger partial charge is 0.326 e. The minimum Gasteiger partial charge on any atom is -0.326 e. The van der Waals surface area contributed by atoms with E-state index in [0.29, 0.717) is 0 Å². The van der Waals surface area contributed by atoms with Crippen LogP contribution in [0.2, 0.25) is 0 Å². The van der Waals surface area contributed by atoms with E-state index in [1.165, 1.54) is 0 Å². The fourth-order valence-corrected chi connectivity index (χ4v) is 1.95. The van der Waals surface area contributed by atoms with E-state index in [1.807, 2.05) is 19.1 Å². The number of rotatable bonds is 2. The average molecular weight is 292 g/mol. The Morgan fingerprint density at radius 1 is 1.39 bits per heavy atom. The predicted octanol–water partition coefficient (Wildman–Crippen LogP) is 2.17. The number of carbonyl (C=O) groups is 1. The molecule has 1 aliphatic heterocycles. The van der Waals surface area contributed by atoms with Gasteiger partial charge in [-0.3, -0.25) is 9.78 Å². The Hall–Kier alpha value is -0.840. The van der Waals surface area contributed by atoms with E-state index in [1.54, 1.807) is 6.20 Å². The Labute approximate surface area is 120 Å². The molecule has 4 nitrogen and oxygen atoms in total. The summed E-state index contributed by atoms with van der Waals surface area (Å²) in [5.41, 5.74) is 1.76. The van der Waals surface area contributed by atoms with Crippen molar-refractivity contribution in [3.05, 3.63) is 24.0 Å². The van der Waals surface area contributed by atoms with Gasteiger partial charge in [0.2, 0.25) is 5.91 Å². The van der Waals surface area contributed by atoms with Crippen molar-refractivity contribution in [3.8, 4) is 0 Å². The van der Waals surface area contributed by atoms with Gasteiger partial charge in [0, 0.05) is 23.5 Å². The topological polar surface area (TPSA) is 54.0 Å². The molecule has 1 fully saturated rings. The summed E-state index contributed by atoms with van der Waals surface area (Å²) in [5, 5.41) is 6.20. The lowest BCUT2D eigenvalue weighted by Crippen LogP contribution is -2.34. The third kappa shape index (κ3) is 4.80. The number of pyridine rings is 1. The second kappa shape index (κ2) is 8.29. The predicted molar refractivity (Wildman–Crippen MR) is 77.7 cm³/mol. The third-order valence-corrected chi connectivity index (χ3v) is 2.87. The van der Waals surface area contributed by atoms with Crippen LogP contribution in [0, 0.1) is 12.8 Å².